The largest absolute Gasteiger partial charge is 0.522 e. The van der Waals surface area contributed by atoms with E-state index in [4.69, 9.17) is 4.74 Å². The first kappa shape index (κ1) is 12.2. The summed E-state index contributed by atoms with van der Waals surface area (Å²) in [5.41, 5.74) is 1.16. The van der Waals surface area contributed by atoms with E-state index in [0.29, 0.717) is 5.75 Å². The zero-order chi connectivity index (χ0) is 12.2. The predicted molar refractivity (Wildman–Crippen MR) is 57.9 cm³/mol. The van der Waals surface area contributed by atoms with Crippen molar-refractivity contribution in [2.45, 2.75) is 26.2 Å². The number of benzene rings is 1. The lowest BCUT2D eigenvalue weighted by molar-refractivity contribution is 0.145. The van der Waals surface area contributed by atoms with Crippen molar-refractivity contribution >= 4 is 12.6 Å². The highest BCUT2D eigenvalue weighted by atomic mass is 16.7. The Bertz CT molecular complexity index is 373. The number of carbonyl (C=O) groups excluding carboxylic acids is 2. The van der Waals surface area contributed by atoms with Crippen molar-refractivity contribution in [2.24, 2.45) is 0 Å². The van der Waals surface area contributed by atoms with Gasteiger partial charge >= 0.3 is 12.6 Å². The average Bonchev–Trinajstić information content (AvgIpc) is 2.17. The normalized spacial score (nSPS) is 10.7. The van der Waals surface area contributed by atoms with Gasteiger partial charge in [0.05, 0.1) is 0 Å². The Morgan fingerprint density at radius 3 is 2.19 bits per heavy atom. The molecular weight excluding hydrogens is 208 g/mol. The standard InChI is InChI=1S/C12H13O4/c1-12(2,3)9-4-6-10(7-5-9)16-11(14)15-8-13/h4-7H,1-3H3. The van der Waals surface area contributed by atoms with Gasteiger partial charge in [0, 0.05) is 0 Å². The number of carbonyl (C=O) groups is 1. The van der Waals surface area contributed by atoms with Crippen molar-refractivity contribution in [3.8, 4) is 5.75 Å². The van der Waals surface area contributed by atoms with Crippen LogP contribution < -0.4 is 4.74 Å². The summed E-state index contributed by atoms with van der Waals surface area (Å²) in [5, 5.41) is 0. The molecule has 0 atom stereocenters. The van der Waals surface area contributed by atoms with Crippen molar-refractivity contribution in [3.63, 3.8) is 0 Å². The van der Waals surface area contributed by atoms with E-state index in [1.165, 1.54) is 0 Å². The van der Waals surface area contributed by atoms with Crippen LogP contribution in [-0.2, 0) is 14.9 Å². The summed E-state index contributed by atoms with van der Waals surface area (Å²) in [7, 11) is 0. The van der Waals surface area contributed by atoms with Crippen LogP contribution in [0.5, 0.6) is 5.75 Å². The molecule has 16 heavy (non-hydrogen) atoms. The van der Waals surface area contributed by atoms with Gasteiger partial charge in [0.2, 0.25) is 0 Å². The number of hydrogen-bond acceptors (Lipinski definition) is 4. The van der Waals surface area contributed by atoms with Crippen LogP contribution in [0.3, 0.4) is 0 Å². The first-order valence-corrected chi connectivity index (χ1v) is 4.80. The third kappa shape index (κ3) is 3.38. The molecule has 0 saturated heterocycles. The van der Waals surface area contributed by atoms with Crippen molar-refractivity contribution in [3.05, 3.63) is 29.8 Å². The van der Waals surface area contributed by atoms with Crippen LogP contribution in [0.2, 0.25) is 0 Å². The Morgan fingerprint density at radius 2 is 1.75 bits per heavy atom. The van der Waals surface area contributed by atoms with Crippen molar-refractivity contribution in [1.29, 1.82) is 0 Å². The van der Waals surface area contributed by atoms with E-state index in [-0.39, 0.29) is 5.41 Å². The van der Waals surface area contributed by atoms with Crippen LogP contribution >= 0.6 is 0 Å². The summed E-state index contributed by atoms with van der Waals surface area (Å²) in [6.45, 7) is 7.24. The first-order valence-electron chi connectivity index (χ1n) is 4.80. The third-order valence-corrected chi connectivity index (χ3v) is 2.05. The quantitative estimate of drug-likeness (QED) is 0.437. The zero-order valence-electron chi connectivity index (χ0n) is 9.44. The molecule has 0 amide bonds. The van der Waals surface area contributed by atoms with E-state index in [0.717, 1.165) is 12.0 Å². The molecule has 4 nitrogen and oxygen atoms in total. The summed E-state index contributed by atoms with van der Waals surface area (Å²) >= 11 is 0. The molecule has 0 aliphatic carbocycles. The molecule has 0 spiro atoms. The van der Waals surface area contributed by atoms with Crippen molar-refractivity contribution in [2.75, 3.05) is 0 Å². The highest BCUT2D eigenvalue weighted by Crippen LogP contribution is 2.24. The van der Waals surface area contributed by atoms with E-state index >= 15 is 0 Å². The maximum Gasteiger partial charge on any atom is 0.522 e. The molecular formula is C12H13O4. The molecule has 0 aliphatic rings. The van der Waals surface area contributed by atoms with Gasteiger partial charge in [-0.2, -0.15) is 0 Å². The van der Waals surface area contributed by atoms with Crippen molar-refractivity contribution in [1.82, 2.24) is 0 Å². The summed E-state index contributed by atoms with van der Waals surface area (Å²) in [6.07, 6.45) is -1.08. The monoisotopic (exact) mass is 221 g/mol. The Morgan fingerprint density at radius 1 is 1.19 bits per heavy atom. The van der Waals surface area contributed by atoms with E-state index in [2.05, 4.69) is 25.5 Å². The lowest BCUT2D eigenvalue weighted by Gasteiger charge is -2.18. The fourth-order valence-electron chi connectivity index (χ4n) is 1.17. The van der Waals surface area contributed by atoms with Gasteiger partial charge in [-0.15, -0.1) is 0 Å². The van der Waals surface area contributed by atoms with Gasteiger partial charge in [-0.25, -0.2) is 9.59 Å². The lowest BCUT2D eigenvalue weighted by Crippen LogP contribution is -2.12. The lowest BCUT2D eigenvalue weighted by atomic mass is 9.87. The Balaban J connectivity index is 2.72. The molecule has 0 fully saturated rings. The minimum atomic E-state index is -1.08. The van der Waals surface area contributed by atoms with Gasteiger partial charge in [-0.3, -0.25) is 0 Å². The molecule has 0 aromatic heterocycles. The van der Waals surface area contributed by atoms with Gasteiger partial charge in [0.25, 0.3) is 0 Å². The third-order valence-electron chi connectivity index (χ3n) is 2.05. The molecule has 0 aliphatic heterocycles. The van der Waals surface area contributed by atoms with E-state index in [9.17, 15) is 9.59 Å². The van der Waals surface area contributed by atoms with Gasteiger partial charge in [0.15, 0.2) is 0 Å². The second kappa shape index (κ2) is 4.79. The summed E-state index contributed by atoms with van der Waals surface area (Å²) in [6, 6.07) is 7.00. The summed E-state index contributed by atoms with van der Waals surface area (Å²) < 4.78 is 8.58. The van der Waals surface area contributed by atoms with Gasteiger partial charge in [0.1, 0.15) is 5.75 Å². The average molecular weight is 221 g/mol. The molecule has 0 unspecified atom stereocenters. The maximum absolute atomic E-state index is 10.8. The number of hydrogen-bond donors (Lipinski definition) is 0. The number of rotatable bonds is 2. The van der Waals surface area contributed by atoms with Crippen LogP contribution in [0, 0.1) is 0 Å². The highest BCUT2D eigenvalue weighted by Gasteiger charge is 2.13. The molecule has 1 radical (unpaired) electrons. The topological polar surface area (TPSA) is 52.6 Å². The minimum Gasteiger partial charge on any atom is -0.395 e. The zero-order valence-corrected chi connectivity index (χ0v) is 9.44. The van der Waals surface area contributed by atoms with Crippen LogP contribution in [-0.4, -0.2) is 12.6 Å². The maximum atomic E-state index is 10.8. The Kier molecular flexibility index (Phi) is 3.66. The molecule has 0 heterocycles. The molecule has 0 bridgehead atoms. The predicted octanol–water partition coefficient (Wildman–Crippen LogP) is 2.57. The molecule has 1 rings (SSSR count). The summed E-state index contributed by atoms with van der Waals surface area (Å²) in [4.78, 5) is 20.5. The van der Waals surface area contributed by atoms with Crippen LogP contribution in [0.15, 0.2) is 24.3 Å². The molecule has 1 aromatic rings. The summed E-state index contributed by atoms with van der Waals surface area (Å²) in [5.74, 6) is 0.327. The van der Waals surface area contributed by atoms with E-state index < -0.39 is 6.16 Å². The molecule has 0 N–H and O–H groups in total. The Labute approximate surface area is 94.2 Å². The van der Waals surface area contributed by atoms with Crippen LogP contribution in [0.1, 0.15) is 26.3 Å². The fourth-order valence-corrected chi connectivity index (χ4v) is 1.17. The van der Waals surface area contributed by atoms with Gasteiger partial charge in [-0.1, -0.05) is 32.9 Å². The molecule has 85 valence electrons. The number of ether oxygens (including phenoxy) is 2. The SMILES string of the molecule is CC(C)(C)c1ccc(OC(=O)O[C]=O)cc1. The Hall–Kier alpha value is -1.84. The fraction of sp³-hybridized carbons (Fsp3) is 0.333. The van der Waals surface area contributed by atoms with Crippen LogP contribution in [0.25, 0.3) is 0 Å². The van der Waals surface area contributed by atoms with Gasteiger partial charge in [-0.05, 0) is 23.1 Å². The second-order valence-electron chi connectivity index (χ2n) is 4.31. The molecule has 4 heteroatoms. The van der Waals surface area contributed by atoms with E-state index in [1.807, 2.05) is 12.1 Å². The molecule has 1 aromatic carbocycles. The van der Waals surface area contributed by atoms with Gasteiger partial charge < -0.3 is 9.47 Å². The smallest absolute Gasteiger partial charge is 0.395 e. The van der Waals surface area contributed by atoms with E-state index in [1.54, 1.807) is 12.1 Å². The highest BCUT2D eigenvalue weighted by molar-refractivity contribution is 5.71. The minimum absolute atomic E-state index is 0.0373. The first-order chi connectivity index (χ1) is 7.43. The van der Waals surface area contributed by atoms with Crippen molar-refractivity contribution < 1.29 is 19.1 Å². The second-order valence-corrected chi connectivity index (χ2v) is 4.31. The van der Waals surface area contributed by atoms with Crippen LogP contribution in [0.4, 0.5) is 4.79 Å². The molecule has 0 saturated carbocycles.